The Morgan fingerprint density at radius 1 is 1.46 bits per heavy atom. The first-order chi connectivity index (χ1) is 6.11. The van der Waals surface area contributed by atoms with Gasteiger partial charge in [-0.25, -0.2) is 0 Å². The van der Waals surface area contributed by atoms with Gasteiger partial charge in [0, 0.05) is 18.1 Å². The fraction of sp³-hybridized carbons (Fsp3) is 1.00. The van der Waals surface area contributed by atoms with E-state index in [4.69, 9.17) is 5.73 Å². The normalized spacial score (nSPS) is 28.6. The molecule has 2 rings (SSSR count). The molecule has 0 saturated heterocycles. The van der Waals surface area contributed by atoms with Crippen LogP contribution in [0.4, 0.5) is 0 Å². The highest BCUT2D eigenvalue weighted by Gasteiger charge is 2.37. The second kappa shape index (κ2) is 3.25. The predicted molar refractivity (Wildman–Crippen MR) is 55.6 cm³/mol. The minimum atomic E-state index is 0.165. The van der Waals surface area contributed by atoms with Gasteiger partial charge in [0.2, 0.25) is 0 Å². The van der Waals surface area contributed by atoms with Gasteiger partial charge in [0.25, 0.3) is 0 Å². The zero-order valence-corrected chi connectivity index (χ0v) is 8.92. The van der Waals surface area contributed by atoms with Gasteiger partial charge < -0.3 is 10.6 Å². The van der Waals surface area contributed by atoms with Gasteiger partial charge in [0.1, 0.15) is 0 Å². The molecule has 0 aromatic heterocycles. The maximum atomic E-state index is 6.22. The lowest BCUT2D eigenvalue weighted by atomic mass is 9.77. The van der Waals surface area contributed by atoms with Crippen molar-refractivity contribution in [2.45, 2.75) is 50.6 Å². The molecular weight excluding hydrogens is 160 g/mol. The Balaban J connectivity index is 1.79. The maximum absolute atomic E-state index is 6.22. The van der Waals surface area contributed by atoms with Gasteiger partial charge in [-0.15, -0.1) is 0 Å². The van der Waals surface area contributed by atoms with Gasteiger partial charge in [0.15, 0.2) is 0 Å². The number of nitrogens with zero attached hydrogens (tertiary/aromatic N) is 1. The van der Waals surface area contributed by atoms with Gasteiger partial charge in [0.05, 0.1) is 0 Å². The van der Waals surface area contributed by atoms with Gasteiger partial charge in [-0.3, -0.25) is 0 Å². The lowest BCUT2D eigenvalue weighted by Gasteiger charge is -2.42. The number of likely N-dealkylation sites (N-methyl/N-ethyl adjacent to an activating group) is 1. The summed E-state index contributed by atoms with van der Waals surface area (Å²) in [5, 5.41) is 0. The molecule has 0 aliphatic heterocycles. The number of hydrogen-bond donors (Lipinski definition) is 1. The molecule has 2 heteroatoms. The summed E-state index contributed by atoms with van der Waals surface area (Å²) in [5.41, 5.74) is 6.39. The monoisotopic (exact) mass is 182 g/mol. The van der Waals surface area contributed by atoms with Crippen molar-refractivity contribution < 1.29 is 0 Å². The minimum absolute atomic E-state index is 0.165. The second-order valence-electron chi connectivity index (χ2n) is 5.21. The molecule has 2 nitrogen and oxygen atoms in total. The van der Waals surface area contributed by atoms with Crippen LogP contribution in [-0.4, -0.2) is 30.1 Å². The van der Waals surface area contributed by atoms with E-state index in [0.29, 0.717) is 0 Å². The summed E-state index contributed by atoms with van der Waals surface area (Å²) in [4.78, 5) is 2.47. The average molecular weight is 182 g/mol. The van der Waals surface area contributed by atoms with Crippen LogP contribution in [-0.2, 0) is 0 Å². The molecule has 0 aromatic rings. The molecule has 2 aliphatic rings. The molecule has 13 heavy (non-hydrogen) atoms. The minimum Gasteiger partial charge on any atom is -0.324 e. The second-order valence-corrected chi connectivity index (χ2v) is 5.21. The van der Waals surface area contributed by atoms with Crippen molar-refractivity contribution in [3.63, 3.8) is 0 Å². The van der Waals surface area contributed by atoms with E-state index in [2.05, 4.69) is 18.9 Å². The van der Waals surface area contributed by atoms with Gasteiger partial charge in [-0.05, 0) is 52.0 Å². The van der Waals surface area contributed by atoms with E-state index >= 15 is 0 Å². The standard InChI is InChI=1S/C11H22N2/c1-9(10-4-5-10)13(2)8-11(12)6-3-7-11/h9-10H,3-8,12H2,1-2H3. The third-order valence-electron chi connectivity index (χ3n) is 3.91. The van der Waals surface area contributed by atoms with Crippen LogP contribution in [0.25, 0.3) is 0 Å². The SMILES string of the molecule is CC(C1CC1)N(C)CC1(N)CCC1. The lowest BCUT2D eigenvalue weighted by molar-refractivity contribution is 0.129. The van der Waals surface area contributed by atoms with E-state index in [-0.39, 0.29) is 5.54 Å². The molecule has 1 unspecified atom stereocenters. The zero-order chi connectivity index (χ0) is 9.47. The Bertz CT molecular complexity index is 183. The fourth-order valence-electron chi connectivity index (χ4n) is 2.37. The number of nitrogens with two attached hydrogens (primary N) is 1. The highest BCUT2D eigenvalue weighted by Crippen LogP contribution is 2.36. The van der Waals surface area contributed by atoms with Gasteiger partial charge >= 0.3 is 0 Å². The Kier molecular flexibility index (Phi) is 2.37. The fourth-order valence-corrected chi connectivity index (χ4v) is 2.37. The van der Waals surface area contributed by atoms with Crippen molar-refractivity contribution in [3.05, 3.63) is 0 Å². The summed E-state index contributed by atoms with van der Waals surface area (Å²) in [6, 6.07) is 0.751. The van der Waals surface area contributed by atoms with Crippen LogP contribution in [0.3, 0.4) is 0 Å². The van der Waals surface area contributed by atoms with E-state index in [1.807, 2.05) is 0 Å². The number of hydrogen-bond acceptors (Lipinski definition) is 2. The first-order valence-corrected chi connectivity index (χ1v) is 5.60. The van der Waals surface area contributed by atoms with Crippen LogP contribution in [0.5, 0.6) is 0 Å². The zero-order valence-electron chi connectivity index (χ0n) is 8.92. The lowest BCUT2D eigenvalue weighted by Crippen LogP contribution is -2.55. The summed E-state index contributed by atoms with van der Waals surface area (Å²) in [6.45, 7) is 3.45. The predicted octanol–water partition coefficient (Wildman–Crippen LogP) is 1.60. The molecule has 1 atom stereocenters. The summed E-state index contributed by atoms with van der Waals surface area (Å²) in [6.07, 6.45) is 6.66. The van der Waals surface area contributed by atoms with Crippen LogP contribution < -0.4 is 5.73 Å². The quantitative estimate of drug-likeness (QED) is 0.715. The van der Waals surface area contributed by atoms with Crippen molar-refractivity contribution in [1.82, 2.24) is 4.90 Å². The summed E-state index contributed by atoms with van der Waals surface area (Å²) >= 11 is 0. The summed E-state index contributed by atoms with van der Waals surface area (Å²) < 4.78 is 0. The molecule has 2 saturated carbocycles. The highest BCUT2D eigenvalue weighted by molar-refractivity contribution is 4.96. The molecule has 2 aliphatic carbocycles. The van der Waals surface area contributed by atoms with Gasteiger partial charge in [-0.2, -0.15) is 0 Å². The molecule has 0 aromatic carbocycles. The van der Waals surface area contributed by atoms with E-state index in [1.54, 1.807) is 0 Å². The molecule has 0 bridgehead atoms. The highest BCUT2D eigenvalue weighted by atomic mass is 15.2. The van der Waals surface area contributed by atoms with Crippen molar-refractivity contribution in [1.29, 1.82) is 0 Å². The third-order valence-corrected chi connectivity index (χ3v) is 3.91. The van der Waals surface area contributed by atoms with E-state index in [1.165, 1.54) is 32.1 Å². The van der Waals surface area contributed by atoms with Crippen LogP contribution in [0.1, 0.15) is 39.0 Å². The van der Waals surface area contributed by atoms with Crippen LogP contribution in [0, 0.1) is 5.92 Å². The van der Waals surface area contributed by atoms with E-state index < -0.39 is 0 Å². The molecule has 0 heterocycles. The Morgan fingerprint density at radius 2 is 2.08 bits per heavy atom. The Hall–Kier alpha value is -0.0800. The van der Waals surface area contributed by atoms with Crippen molar-refractivity contribution in [2.24, 2.45) is 11.7 Å². The van der Waals surface area contributed by atoms with Crippen molar-refractivity contribution in [2.75, 3.05) is 13.6 Å². The van der Waals surface area contributed by atoms with Crippen molar-refractivity contribution in [3.8, 4) is 0 Å². The molecule has 76 valence electrons. The van der Waals surface area contributed by atoms with E-state index in [9.17, 15) is 0 Å². The molecule has 2 N–H and O–H groups in total. The Labute approximate surface area is 81.5 Å². The first kappa shape index (κ1) is 9.47. The van der Waals surface area contributed by atoms with Crippen molar-refractivity contribution >= 4 is 0 Å². The van der Waals surface area contributed by atoms with Crippen LogP contribution in [0.2, 0.25) is 0 Å². The van der Waals surface area contributed by atoms with Crippen LogP contribution in [0.15, 0.2) is 0 Å². The van der Waals surface area contributed by atoms with Crippen LogP contribution >= 0.6 is 0 Å². The Morgan fingerprint density at radius 3 is 2.46 bits per heavy atom. The maximum Gasteiger partial charge on any atom is 0.0283 e. The van der Waals surface area contributed by atoms with E-state index in [0.717, 1.165) is 18.5 Å². The molecule has 0 amide bonds. The molecular formula is C11H22N2. The summed E-state index contributed by atoms with van der Waals surface area (Å²) in [5.74, 6) is 0.966. The molecule has 0 spiro atoms. The third kappa shape index (κ3) is 2.05. The first-order valence-electron chi connectivity index (χ1n) is 5.60. The van der Waals surface area contributed by atoms with Gasteiger partial charge in [-0.1, -0.05) is 0 Å². The molecule has 2 fully saturated rings. The summed E-state index contributed by atoms with van der Waals surface area (Å²) in [7, 11) is 2.23. The smallest absolute Gasteiger partial charge is 0.0283 e. The average Bonchev–Trinajstić information content (AvgIpc) is 2.82. The topological polar surface area (TPSA) is 29.3 Å². The largest absolute Gasteiger partial charge is 0.324 e. The number of rotatable bonds is 4. The molecule has 0 radical (unpaired) electrons.